The number of nitrogens with one attached hydrogen (secondary N) is 2. The van der Waals surface area contributed by atoms with Crippen LogP contribution in [0.15, 0.2) is 64.5 Å². The molecule has 0 saturated carbocycles. The maximum Gasteiger partial charge on any atom is 0.412 e. The van der Waals surface area contributed by atoms with E-state index >= 15 is 0 Å². The molecule has 3 amide bonds. The molecule has 0 aliphatic heterocycles. The van der Waals surface area contributed by atoms with E-state index in [0.717, 1.165) is 5.56 Å². The minimum atomic E-state index is -0.770. The molecule has 0 bridgehead atoms. The number of anilines is 2. The topological polar surface area (TPSA) is 132 Å². The SMILES string of the molecule is C=NC(=O)Cc1cnc(-n2c(C)ccc(NC(=O)Cc3ccccc3)c2=O)c(NC(=O)OC(C)(C)C)c1. The van der Waals surface area contributed by atoms with Gasteiger partial charge in [-0.05, 0) is 63.7 Å². The number of hydrogen-bond acceptors (Lipinski definition) is 6. The molecule has 0 aliphatic rings. The maximum atomic E-state index is 13.4. The summed E-state index contributed by atoms with van der Waals surface area (Å²) < 4.78 is 6.62. The Bertz CT molecular complexity index is 1390. The highest BCUT2D eigenvalue weighted by atomic mass is 16.6. The molecule has 0 spiro atoms. The van der Waals surface area contributed by atoms with Crippen molar-refractivity contribution in [1.29, 1.82) is 0 Å². The Morgan fingerprint density at radius 3 is 2.35 bits per heavy atom. The van der Waals surface area contributed by atoms with Crippen LogP contribution in [-0.4, -0.2) is 39.8 Å². The average molecular weight is 504 g/mol. The summed E-state index contributed by atoms with van der Waals surface area (Å²) in [6.07, 6.45) is 0.644. The fourth-order valence-electron chi connectivity index (χ4n) is 3.48. The minimum Gasteiger partial charge on any atom is -0.444 e. The molecule has 10 nitrogen and oxygen atoms in total. The van der Waals surface area contributed by atoms with Gasteiger partial charge in [-0.1, -0.05) is 30.3 Å². The van der Waals surface area contributed by atoms with Gasteiger partial charge < -0.3 is 10.1 Å². The Morgan fingerprint density at radius 2 is 1.70 bits per heavy atom. The van der Waals surface area contributed by atoms with Crippen LogP contribution in [0.3, 0.4) is 0 Å². The van der Waals surface area contributed by atoms with Crippen molar-refractivity contribution < 1.29 is 19.1 Å². The molecule has 1 aromatic carbocycles. The van der Waals surface area contributed by atoms with Crippen LogP contribution < -0.4 is 16.2 Å². The van der Waals surface area contributed by atoms with E-state index in [2.05, 4.69) is 27.3 Å². The standard InChI is InChI=1S/C27H29N5O5/c1-17-11-12-20(30-23(34)14-18-9-7-6-8-10-18)25(35)32(17)24-21(31-26(36)37-27(2,3)4)13-19(16-29-24)15-22(33)28-5/h6-13,16H,5,14-15H2,1-4H3,(H,30,34)(H,31,36). The molecular weight excluding hydrogens is 474 g/mol. The number of rotatable bonds is 7. The van der Waals surface area contributed by atoms with Crippen molar-refractivity contribution in [2.24, 2.45) is 4.99 Å². The van der Waals surface area contributed by atoms with E-state index in [0.29, 0.717) is 11.3 Å². The molecular formula is C27H29N5O5. The number of amides is 3. The van der Waals surface area contributed by atoms with Crippen LogP contribution in [0, 0.1) is 6.92 Å². The monoisotopic (exact) mass is 503 g/mol. The van der Waals surface area contributed by atoms with Gasteiger partial charge in [-0.3, -0.25) is 24.3 Å². The van der Waals surface area contributed by atoms with Gasteiger partial charge in [-0.15, -0.1) is 0 Å². The van der Waals surface area contributed by atoms with Crippen molar-refractivity contribution in [1.82, 2.24) is 9.55 Å². The summed E-state index contributed by atoms with van der Waals surface area (Å²) in [7, 11) is 0. The number of carbonyl (C=O) groups excluding carboxylic acids is 3. The van der Waals surface area contributed by atoms with Crippen LogP contribution in [0.1, 0.15) is 37.6 Å². The van der Waals surface area contributed by atoms with Crippen molar-refractivity contribution >= 4 is 36.0 Å². The Morgan fingerprint density at radius 1 is 1.00 bits per heavy atom. The predicted octanol–water partition coefficient (Wildman–Crippen LogP) is 3.84. The van der Waals surface area contributed by atoms with Gasteiger partial charge in [0, 0.05) is 11.9 Å². The van der Waals surface area contributed by atoms with E-state index in [4.69, 9.17) is 4.74 Å². The van der Waals surface area contributed by atoms with Crippen LogP contribution in [0.25, 0.3) is 5.82 Å². The molecule has 2 heterocycles. The summed E-state index contributed by atoms with van der Waals surface area (Å²) >= 11 is 0. The predicted molar refractivity (Wildman–Crippen MR) is 141 cm³/mol. The fourth-order valence-corrected chi connectivity index (χ4v) is 3.48. The van der Waals surface area contributed by atoms with Crippen molar-refractivity contribution in [3.8, 4) is 5.82 Å². The lowest BCUT2D eigenvalue weighted by Gasteiger charge is -2.21. The first-order chi connectivity index (χ1) is 17.5. The second-order valence-corrected chi connectivity index (χ2v) is 9.31. The largest absolute Gasteiger partial charge is 0.444 e. The number of ether oxygens (including phenoxy) is 1. The lowest BCUT2D eigenvalue weighted by molar-refractivity contribution is -0.117. The van der Waals surface area contributed by atoms with E-state index in [9.17, 15) is 19.2 Å². The van der Waals surface area contributed by atoms with E-state index in [1.165, 1.54) is 22.9 Å². The van der Waals surface area contributed by atoms with Crippen molar-refractivity contribution in [2.75, 3.05) is 10.6 Å². The second kappa shape index (κ2) is 11.4. The zero-order chi connectivity index (χ0) is 27.2. The van der Waals surface area contributed by atoms with Crippen LogP contribution in [-0.2, 0) is 27.2 Å². The molecule has 0 radical (unpaired) electrons. The third kappa shape index (κ3) is 7.44. The number of aryl methyl sites for hydroxylation is 1. The van der Waals surface area contributed by atoms with Crippen LogP contribution in [0.5, 0.6) is 0 Å². The summed E-state index contributed by atoms with van der Waals surface area (Å²) in [6.45, 7) is 10.1. The summed E-state index contributed by atoms with van der Waals surface area (Å²) in [5, 5.41) is 5.27. The Hall–Kier alpha value is -4.60. The zero-order valence-corrected chi connectivity index (χ0v) is 21.2. The van der Waals surface area contributed by atoms with Crippen molar-refractivity contribution in [2.45, 2.75) is 46.1 Å². The molecule has 10 heteroatoms. The molecule has 3 rings (SSSR count). The molecule has 0 fully saturated rings. The highest BCUT2D eigenvalue weighted by Gasteiger charge is 2.21. The molecule has 2 N–H and O–H groups in total. The first-order valence-corrected chi connectivity index (χ1v) is 11.5. The zero-order valence-electron chi connectivity index (χ0n) is 21.2. The lowest BCUT2D eigenvalue weighted by Crippen LogP contribution is -2.30. The van der Waals surface area contributed by atoms with Crippen LogP contribution in [0.4, 0.5) is 16.2 Å². The Kier molecular flexibility index (Phi) is 8.33. The molecule has 0 saturated heterocycles. The third-order valence-electron chi connectivity index (χ3n) is 5.06. The van der Waals surface area contributed by atoms with E-state index < -0.39 is 23.2 Å². The number of hydrogen-bond donors (Lipinski definition) is 2. The molecule has 37 heavy (non-hydrogen) atoms. The van der Waals surface area contributed by atoms with Crippen molar-refractivity contribution in [3.05, 3.63) is 81.9 Å². The van der Waals surface area contributed by atoms with Crippen LogP contribution in [0.2, 0.25) is 0 Å². The number of benzene rings is 1. The number of nitrogens with zero attached hydrogens (tertiary/aromatic N) is 3. The lowest BCUT2D eigenvalue weighted by atomic mass is 10.1. The average Bonchev–Trinajstić information content (AvgIpc) is 2.81. The smallest absolute Gasteiger partial charge is 0.412 e. The third-order valence-corrected chi connectivity index (χ3v) is 5.06. The van der Waals surface area contributed by atoms with Gasteiger partial charge in [-0.25, -0.2) is 14.8 Å². The summed E-state index contributed by atoms with van der Waals surface area (Å²) in [6, 6.07) is 13.8. The molecule has 0 aliphatic carbocycles. The minimum absolute atomic E-state index is 0.0478. The Labute approximate surface area is 214 Å². The molecule has 3 aromatic rings. The molecule has 0 unspecified atom stereocenters. The Balaban J connectivity index is 2.01. The molecule has 2 aromatic heterocycles. The first kappa shape index (κ1) is 27.0. The highest BCUT2D eigenvalue weighted by molar-refractivity contribution is 5.92. The fraction of sp³-hybridized carbons (Fsp3) is 0.259. The van der Waals surface area contributed by atoms with Gasteiger partial charge in [0.2, 0.25) is 11.8 Å². The molecule has 192 valence electrons. The number of aromatic nitrogens is 2. The van der Waals surface area contributed by atoms with Gasteiger partial charge in [0.05, 0.1) is 18.5 Å². The van der Waals surface area contributed by atoms with Gasteiger partial charge >= 0.3 is 6.09 Å². The number of carbonyl (C=O) groups is 3. The molecule has 0 atom stereocenters. The summed E-state index contributed by atoms with van der Waals surface area (Å²) in [4.78, 5) is 58.1. The van der Waals surface area contributed by atoms with Gasteiger partial charge in [-0.2, -0.15) is 0 Å². The van der Waals surface area contributed by atoms with Crippen molar-refractivity contribution in [3.63, 3.8) is 0 Å². The maximum absolute atomic E-state index is 13.4. The van der Waals surface area contributed by atoms with Gasteiger partial charge in [0.15, 0.2) is 5.82 Å². The first-order valence-electron chi connectivity index (χ1n) is 11.5. The van der Waals surface area contributed by atoms with E-state index in [-0.39, 0.29) is 35.9 Å². The highest BCUT2D eigenvalue weighted by Crippen LogP contribution is 2.22. The number of pyridine rings is 2. The summed E-state index contributed by atoms with van der Waals surface area (Å²) in [5.74, 6) is -0.742. The van der Waals surface area contributed by atoms with E-state index in [1.807, 2.05) is 30.3 Å². The normalized spacial score (nSPS) is 10.9. The second-order valence-electron chi connectivity index (χ2n) is 9.31. The van der Waals surface area contributed by atoms with Gasteiger partial charge in [0.25, 0.3) is 5.56 Å². The van der Waals surface area contributed by atoms with Crippen LogP contribution >= 0.6 is 0 Å². The number of aliphatic imine (C=N–C) groups is 1. The van der Waals surface area contributed by atoms with Gasteiger partial charge in [0.1, 0.15) is 11.3 Å². The summed E-state index contributed by atoms with van der Waals surface area (Å²) in [5.41, 5.74) is 0.629. The van der Waals surface area contributed by atoms with E-state index in [1.54, 1.807) is 33.8 Å². The quantitative estimate of drug-likeness (QED) is 0.471.